The molecule has 34 heavy (non-hydrogen) atoms. The van der Waals surface area contributed by atoms with Gasteiger partial charge in [0.25, 0.3) is 11.6 Å². The number of hydrogen-bond donors (Lipinski definition) is 1. The van der Waals surface area contributed by atoms with Crippen LogP contribution in [-0.4, -0.2) is 15.4 Å². The van der Waals surface area contributed by atoms with E-state index in [1.54, 1.807) is 37.3 Å². The molecule has 3 aromatic carbocycles. The third-order valence-electron chi connectivity index (χ3n) is 5.47. The van der Waals surface area contributed by atoms with Crippen molar-refractivity contribution in [2.75, 3.05) is 5.32 Å². The molecule has 1 N–H and O–H groups in total. The summed E-state index contributed by atoms with van der Waals surface area (Å²) < 4.78 is 1.94. The van der Waals surface area contributed by atoms with Crippen molar-refractivity contribution in [3.8, 4) is 6.07 Å². The number of benzene rings is 3. The first-order valence-corrected chi connectivity index (χ1v) is 10.7. The van der Waals surface area contributed by atoms with Gasteiger partial charge >= 0.3 is 0 Å². The summed E-state index contributed by atoms with van der Waals surface area (Å²) in [6, 6.07) is 21.2. The van der Waals surface area contributed by atoms with Crippen LogP contribution >= 0.6 is 11.6 Å². The monoisotopic (exact) mass is 470 g/mol. The third kappa shape index (κ3) is 4.68. The van der Waals surface area contributed by atoms with Crippen molar-refractivity contribution >= 4 is 45.9 Å². The highest BCUT2D eigenvalue weighted by Gasteiger charge is 2.15. The molecule has 4 rings (SSSR count). The number of non-ortho nitro benzene ring substituents is 1. The molecule has 0 aliphatic carbocycles. The lowest BCUT2D eigenvalue weighted by molar-refractivity contribution is -0.384. The van der Waals surface area contributed by atoms with Gasteiger partial charge in [-0.05, 0) is 42.3 Å². The number of carbonyl (C=O) groups is 1. The average Bonchev–Trinajstić information content (AvgIpc) is 3.17. The molecule has 0 saturated carbocycles. The highest BCUT2D eigenvalue weighted by Crippen LogP contribution is 2.27. The van der Waals surface area contributed by atoms with Crippen molar-refractivity contribution in [2.24, 2.45) is 0 Å². The second-order valence-electron chi connectivity index (χ2n) is 7.69. The van der Waals surface area contributed by atoms with Gasteiger partial charge in [-0.3, -0.25) is 14.9 Å². The fourth-order valence-corrected chi connectivity index (χ4v) is 3.90. The molecule has 0 unspecified atom stereocenters. The van der Waals surface area contributed by atoms with Gasteiger partial charge < -0.3 is 9.88 Å². The molecule has 0 aliphatic heterocycles. The highest BCUT2D eigenvalue weighted by atomic mass is 35.5. The molecule has 1 amide bonds. The zero-order chi connectivity index (χ0) is 24.2. The quantitative estimate of drug-likeness (QED) is 0.159. The Morgan fingerprint density at radius 1 is 1.18 bits per heavy atom. The number of fused-ring (bicyclic) bond motifs is 1. The van der Waals surface area contributed by atoms with Crippen LogP contribution in [0.1, 0.15) is 16.7 Å². The van der Waals surface area contributed by atoms with Crippen molar-refractivity contribution in [3.05, 3.63) is 110 Å². The van der Waals surface area contributed by atoms with Crippen LogP contribution in [0.15, 0.2) is 78.5 Å². The van der Waals surface area contributed by atoms with Crippen molar-refractivity contribution in [3.63, 3.8) is 0 Å². The summed E-state index contributed by atoms with van der Waals surface area (Å²) in [5.41, 5.74) is 3.54. The first kappa shape index (κ1) is 22.8. The number of nitro benzene ring substituents is 1. The molecule has 0 spiro atoms. The van der Waals surface area contributed by atoms with E-state index in [2.05, 4.69) is 5.32 Å². The first-order valence-electron chi connectivity index (χ1n) is 10.4. The van der Waals surface area contributed by atoms with E-state index in [1.807, 2.05) is 47.2 Å². The summed E-state index contributed by atoms with van der Waals surface area (Å²) in [7, 11) is 0. The smallest absolute Gasteiger partial charge is 0.269 e. The predicted molar refractivity (Wildman–Crippen MR) is 133 cm³/mol. The Kier molecular flexibility index (Phi) is 6.44. The van der Waals surface area contributed by atoms with Crippen LogP contribution < -0.4 is 5.32 Å². The van der Waals surface area contributed by atoms with Gasteiger partial charge in [0.15, 0.2) is 0 Å². The number of nitriles is 1. The molecular weight excluding hydrogens is 452 g/mol. The number of anilines is 1. The summed E-state index contributed by atoms with van der Waals surface area (Å²) in [5, 5.41) is 24.9. The molecule has 0 fully saturated rings. The zero-order valence-electron chi connectivity index (χ0n) is 18.2. The molecule has 7 nitrogen and oxygen atoms in total. The van der Waals surface area contributed by atoms with E-state index in [0.717, 1.165) is 16.5 Å². The molecule has 168 valence electrons. The number of amides is 1. The Morgan fingerprint density at radius 3 is 2.71 bits per heavy atom. The van der Waals surface area contributed by atoms with Gasteiger partial charge in [-0.25, -0.2) is 0 Å². The SMILES string of the molecule is Cc1c(Cl)cccc1NC(=O)/C(C#N)=C\c1cn(Cc2cccc([N+](=O)[O-])c2)c2ccccc12. The standard InChI is InChI=1S/C26H19ClN4O3/c1-17-23(27)9-5-10-24(17)29-26(32)19(14-28)13-20-16-30(25-11-3-2-8-22(20)25)15-18-6-4-7-21(12-18)31(33)34/h2-13,16H,15H2,1H3,(H,29,32)/b19-13-. The van der Waals surface area contributed by atoms with Crippen molar-refractivity contribution < 1.29 is 9.72 Å². The molecule has 0 atom stereocenters. The van der Waals surface area contributed by atoms with Crippen LogP contribution in [0.25, 0.3) is 17.0 Å². The maximum absolute atomic E-state index is 12.8. The second kappa shape index (κ2) is 9.61. The normalized spacial score (nSPS) is 11.3. The highest BCUT2D eigenvalue weighted by molar-refractivity contribution is 6.31. The summed E-state index contributed by atoms with van der Waals surface area (Å²) in [6.07, 6.45) is 3.38. The van der Waals surface area contributed by atoms with E-state index in [0.29, 0.717) is 28.4 Å². The van der Waals surface area contributed by atoms with Gasteiger partial charge in [0, 0.05) is 52.1 Å². The lowest BCUT2D eigenvalue weighted by Crippen LogP contribution is -2.14. The van der Waals surface area contributed by atoms with Crippen molar-refractivity contribution in [2.45, 2.75) is 13.5 Å². The molecule has 0 saturated heterocycles. The summed E-state index contributed by atoms with van der Waals surface area (Å²) in [4.78, 5) is 23.5. The number of para-hydroxylation sites is 1. The van der Waals surface area contributed by atoms with Gasteiger partial charge in [-0.2, -0.15) is 5.26 Å². The fraction of sp³-hybridized carbons (Fsp3) is 0.0769. The minimum absolute atomic E-state index is 0.0221. The van der Waals surface area contributed by atoms with Gasteiger partial charge in [-0.15, -0.1) is 0 Å². The first-order chi connectivity index (χ1) is 16.4. The van der Waals surface area contributed by atoms with Crippen LogP contribution in [0.3, 0.4) is 0 Å². The number of rotatable bonds is 6. The van der Waals surface area contributed by atoms with Gasteiger partial charge in [0.2, 0.25) is 0 Å². The summed E-state index contributed by atoms with van der Waals surface area (Å²) >= 11 is 6.13. The van der Waals surface area contributed by atoms with Crippen LogP contribution in [0, 0.1) is 28.4 Å². The average molecular weight is 471 g/mol. The van der Waals surface area contributed by atoms with Crippen LogP contribution in [0.5, 0.6) is 0 Å². The van der Waals surface area contributed by atoms with Gasteiger partial charge in [0.1, 0.15) is 11.6 Å². The molecule has 4 aromatic rings. The maximum atomic E-state index is 12.8. The third-order valence-corrected chi connectivity index (χ3v) is 5.88. The minimum Gasteiger partial charge on any atom is -0.342 e. The molecule has 0 radical (unpaired) electrons. The van der Waals surface area contributed by atoms with E-state index in [9.17, 15) is 20.2 Å². The lowest BCUT2D eigenvalue weighted by Gasteiger charge is -2.08. The van der Waals surface area contributed by atoms with Gasteiger partial charge in [-0.1, -0.05) is 48.0 Å². The molecule has 1 aromatic heterocycles. The molecule has 0 bridgehead atoms. The Bertz CT molecular complexity index is 1500. The lowest BCUT2D eigenvalue weighted by atomic mass is 10.1. The van der Waals surface area contributed by atoms with Crippen LogP contribution in [0.2, 0.25) is 5.02 Å². The number of aromatic nitrogens is 1. The summed E-state index contributed by atoms with van der Waals surface area (Å²) in [5.74, 6) is -0.539. The Morgan fingerprint density at radius 2 is 1.94 bits per heavy atom. The number of nitrogens with zero attached hydrogens (tertiary/aromatic N) is 3. The van der Waals surface area contributed by atoms with Crippen LogP contribution in [-0.2, 0) is 11.3 Å². The van der Waals surface area contributed by atoms with E-state index < -0.39 is 10.8 Å². The minimum atomic E-state index is -0.539. The number of hydrogen-bond acceptors (Lipinski definition) is 4. The molecular formula is C26H19ClN4O3. The van der Waals surface area contributed by atoms with Gasteiger partial charge in [0.05, 0.1) is 4.92 Å². The number of halogens is 1. The number of nitro groups is 1. The number of carbonyl (C=O) groups excluding carboxylic acids is 1. The van der Waals surface area contributed by atoms with E-state index in [4.69, 9.17) is 11.6 Å². The van der Waals surface area contributed by atoms with E-state index in [1.165, 1.54) is 12.1 Å². The van der Waals surface area contributed by atoms with Crippen molar-refractivity contribution in [1.29, 1.82) is 5.26 Å². The summed E-state index contributed by atoms with van der Waals surface area (Å²) in [6.45, 7) is 2.18. The predicted octanol–water partition coefficient (Wildman–Crippen LogP) is 6.11. The molecule has 1 heterocycles. The molecule has 8 heteroatoms. The Balaban J connectivity index is 1.69. The number of nitrogens with one attached hydrogen (secondary N) is 1. The Hall–Kier alpha value is -4.41. The van der Waals surface area contributed by atoms with E-state index >= 15 is 0 Å². The Labute approximate surface area is 200 Å². The largest absolute Gasteiger partial charge is 0.342 e. The topological polar surface area (TPSA) is 101 Å². The second-order valence-corrected chi connectivity index (χ2v) is 8.10. The zero-order valence-corrected chi connectivity index (χ0v) is 18.9. The van der Waals surface area contributed by atoms with Crippen LogP contribution in [0.4, 0.5) is 11.4 Å². The fourth-order valence-electron chi connectivity index (χ4n) is 3.72. The maximum Gasteiger partial charge on any atom is 0.269 e. The van der Waals surface area contributed by atoms with E-state index in [-0.39, 0.29) is 11.3 Å². The van der Waals surface area contributed by atoms with Crippen molar-refractivity contribution in [1.82, 2.24) is 4.57 Å². The molecule has 0 aliphatic rings.